The molecule has 4 rings (SSSR count). The van der Waals surface area contributed by atoms with E-state index in [4.69, 9.17) is 16.6 Å². The first-order chi connectivity index (χ1) is 16.9. The number of halogens is 2. The zero-order valence-corrected chi connectivity index (χ0v) is 21.2. The van der Waals surface area contributed by atoms with E-state index < -0.39 is 0 Å². The summed E-state index contributed by atoms with van der Waals surface area (Å²) in [5, 5.41) is 10.6. The zero-order chi connectivity index (χ0) is 24.8. The standard InChI is InChI=1S/C29H33ClFN3O/c1-3-4-14-34-25(17-32-29(34)23-10-12-24(31)13-11-23)19-33(18-22-8-6-5-7-9-22)20-27-21(2)15-26(35)16-28(27)30/h5-13,16-17,21,35H,3-4,14-15,18-20H2,1-2H3. The van der Waals surface area contributed by atoms with Crippen LogP contribution in [-0.2, 0) is 19.6 Å². The van der Waals surface area contributed by atoms with Gasteiger partial charge in [-0.15, -0.1) is 0 Å². The Morgan fingerprint density at radius 1 is 1.09 bits per heavy atom. The second kappa shape index (κ2) is 11.7. The van der Waals surface area contributed by atoms with Crippen LogP contribution in [0.15, 0.2) is 83.2 Å². The summed E-state index contributed by atoms with van der Waals surface area (Å²) in [4.78, 5) is 7.13. The highest BCUT2D eigenvalue weighted by molar-refractivity contribution is 6.31. The summed E-state index contributed by atoms with van der Waals surface area (Å²) in [6.45, 7) is 7.31. The Labute approximate surface area is 212 Å². The Balaban J connectivity index is 1.66. The summed E-state index contributed by atoms with van der Waals surface area (Å²) in [7, 11) is 0. The number of aliphatic hydroxyl groups excluding tert-OH is 1. The van der Waals surface area contributed by atoms with Crippen LogP contribution in [0, 0.1) is 11.7 Å². The van der Waals surface area contributed by atoms with Crippen molar-refractivity contribution in [2.75, 3.05) is 6.54 Å². The summed E-state index contributed by atoms with van der Waals surface area (Å²) >= 11 is 6.59. The van der Waals surface area contributed by atoms with E-state index in [0.29, 0.717) is 30.3 Å². The maximum Gasteiger partial charge on any atom is 0.140 e. The molecule has 1 heterocycles. The molecule has 2 aromatic carbocycles. The topological polar surface area (TPSA) is 41.3 Å². The number of benzene rings is 2. The average Bonchev–Trinajstić information content (AvgIpc) is 3.23. The van der Waals surface area contributed by atoms with Crippen molar-refractivity contribution in [3.63, 3.8) is 0 Å². The third-order valence-electron chi connectivity index (χ3n) is 6.51. The lowest BCUT2D eigenvalue weighted by Crippen LogP contribution is -2.29. The first-order valence-corrected chi connectivity index (χ1v) is 12.7. The molecule has 3 aromatic rings. The first kappa shape index (κ1) is 25.2. The molecule has 1 N–H and O–H groups in total. The van der Waals surface area contributed by atoms with Crippen molar-refractivity contribution >= 4 is 11.6 Å². The molecule has 1 atom stereocenters. The van der Waals surface area contributed by atoms with Crippen molar-refractivity contribution in [1.29, 1.82) is 0 Å². The fourth-order valence-electron chi connectivity index (χ4n) is 4.61. The number of nitrogens with zero attached hydrogens (tertiary/aromatic N) is 3. The molecular formula is C29H33ClFN3O. The first-order valence-electron chi connectivity index (χ1n) is 12.3. The Morgan fingerprint density at radius 3 is 2.51 bits per heavy atom. The van der Waals surface area contributed by atoms with Crippen LogP contribution in [0.5, 0.6) is 0 Å². The van der Waals surface area contributed by atoms with E-state index in [-0.39, 0.29) is 11.7 Å². The molecule has 1 aliphatic carbocycles. The number of rotatable bonds is 10. The summed E-state index contributed by atoms with van der Waals surface area (Å²) in [5.74, 6) is 1.12. The lowest BCUT2D eigenvalue weighted by atomic mass is 9.91. The summed E-state index contributed by atoms with van der Waals surface area (Å²) in [5.41, 5.74) is 4.39. The quantitative estimate of drug-likeness (QED) is 0.318. The largest absolute Gasteiger partial charge is 0.512 e. The van der Waals surface area contributed by atoms with E-state index in [0.717, 1.165) is 48.6 Å². The highest BCUT2D eigenvalue weighted by atomic mass is 35.5. The van der Waals surface area contributed by atoms with Gasteiger partial charge in [-0.2, -0.15) is 0 Å². The Morgan fingerprint density at radius 2 is 1.83 bits per heavy atom. The molecule has 184 valence electrons. The molecule has 1 aromatic heterocycles. The van der Waals surface area contributed by atoms with Crippen molar-refractivity contribution in [2.45, 2.75) is 52.7 Å². The Hall–Kier alpha value is -2.89. The van der Waals surface area contributed by atoms with Crippen LogP contribution in [0.25, 0.3) is 11.4 Å². The van der Waals surface area contributed by atoms with Gasteiger partial charge in [-0.3, -0.25) is 4.90 Å². The number of hydrogen-bond acceptors (Lipinski definition) is 3. The van der Waals surface area contributed by atoms with E-state index in [1.807, 2.05) is 12.3 Å². The van der Waals surface area contributed by atoms with Gasteiger partial charge in [0.05, 0.1) is 17.6 Å². The van der Waals surface area contributed by atoms with Gasteiger partial charge in [-0.05, 0) is 53.8 Å². The Kier molecular flexibility index (Phi) is 8.42. The van der Waals surface area contributed by atoms with Crippen molar-refractivity contribution in [3.05, 3.63) is 100 Å². The summed E-state index contributed by atoms with van der Waals surface area (Å²) in [6.07, 6.45) is 6.33. The molecule has 35 heavy (non-hydrogen) atoms. The number of allylic oxidation sites excluding steroid dienone is 3. The van der Waals surface area contributed by atoms with E-state index >= 15 is 0 Å². The molecule has 6 heteroatoms. The van der Waals surface area contributed by atoms with Gasteiger partial charge < -0.3 is 9.67 Å². The highest BCUT2D eigenvalue weighted by Gasteiger charge is 2.23. The molecule has 4 nitrogen and oxygen atoms in total. The maximum atomic E-state index is 13.5. The molecule has 1 unspecified atom stereocenters. The molecule has 0 spiro atoms. The van der Waals surface area contributed by atoms with Gasteiger partial charge in [0.2, 0.25) is 0 Å². The third-order valence-corrected chi connectivity index (χ3v) is 6.87. The van der Waals surface area contributed by atoms with E-state index in [9.17, 15) is 9.50 Å². The molecule has 0 aliphatic heterocycles. The predicted octanol–water partition coefficient (Wildman–Crippen LogP) is 7.47. The van der Waals surface area contributed by atoms with Crippen molar-refractivity contribution in [2.24, 2.45) is 5.92 Å². The summed E-state index contributed by atoms with van der Waals surface area (Å²) in [6, 6.07) is 17.0. The zero-order valence-electron chi connectivity index (χ0n) is 20.4. The van der Waals surface area contributed by atoms with Crippen molar-refractivity contribution < 1.29 is 9.50 Å². The molecule has 1 aliphatic rings. The van der Waals surface area contributed by atoms with E-state index in [2.05, 4.69) is 47.6 Å². The number of unbranched alkanes of at least 4 members (excludes halogenated alkanes) is 1. The molecule has 0 saturated heterocycles. The second-order valence-electron chi connectivity index (χ2n) is 9.33. The maximum absolute atomic E-state index is 13.5. The van der Waals surface area contributed by atoms with Crippen LogP contribution in [0.2, 0.25) is 0 Å². The SMILES string of the molecule is CCCCn1c(CN(CC2=C(Cl)C=C(O)CC2C)Cc2ccccc2)cnc1-c1ccc(F)cc1. The van der Waals surface area contributed by atoms with Crippen LogP contribution in [0.4, 0.5) is 4.39 Å². The van der Waals surface area contributed by atoms with Crippen molar-refractivity contribution in [1.82, 2.24) is 14.5 Å². The Bertz CT molecular complexity index is 1180. The van der Waals surface area contributed by atoms with Crippen LogP contribution >= 0.6 is 11.6 Å². The monoisotopic (exact) mass is 493 g/mol. The normalized spacial score (nSPS) is 16.1. The second-order valence-corrected chi connectivity index (χ2v) is 9.74. The molecule has 0 saturated carbocycles. The van der Waals surface area contributed by atoms with E-state index in [1.54, 1.807) is 18.2 Å². The number of aromatic nitrogens is 2. The molecule has 0 bridgehead atoms. The minimum Gasteiger partial charge on any atom is -0.512 e. The van der Waals surface area contributed by atoms with Crippen molar-refractivity contribution in [3.8, 4) is 11.4 Å². The smallest absolute Gasteiger partial charge is 0.140 e. The molecule has 0 radical (unpaired) electrons. The molecule has 0 amide bonds. The van der Waals surface area contributed by atoms with Gasteiger partial charge in [-0.1, -0.05) is 62.2 Å². The fraction of sp³-hybridized carbons (Fsp3) is 0.345. The molecular weight excluding hydrogens is 461 g/mol. The van der Waals surface area contributed by atoms with E-state index in [1.165, 1.54) is 17.7 Å². The number of aliphatic hydroxyl groups is 1. The lowest BCUT2D eigenvalue weighted by Gasteiger charge is -2.29. The van der Waals surface area contributed by atoms with Crippen LogP contribution in [0.3, 0.4) is 0 Å². The van der Waals surface area contributed by atoms with Gasteiger partial charge in [0, 0.05) is 43.2 Å². The van der Waals surface area contributed by atoms with Crippen LogP contribution in [0.1, 0.15) is 44.4 Å². The lowest BCUT2D eigenvalue weighted by molar-refractivity contribution is 0.259. The van der Waals surface area contributed by atoms with Gasteiger partial charge in [0.25, 0.3) is 0 Å². The van der Waals surface area contributed by atoms with Gasteiger partial charge >= 0.3 is 0 Å². The average molecular weight is 494 g/mol. The fourth-order valence-corrected chi connectivity index (χ4v) is 4.99. The molecule has 0 fully saturated rings. The minimum absolute atomic E-state index is 0.172. The number of hydrogen-bond donors (Lipinski definition) is 1. The third kappa shape index (κ3) is 6.41. The predicted molar refractivity (Wildman–Crippen MR) is 140 cm³/mol. The number of imidazole rings is 1. The van der Waals surface area contributed by atoms with Crippen LogP contribution < -0.4 is 0 Å². The highest BCUT2D eigenvalue weighted by Crippen LogP contribution is 2.32. The van der Waals surface area contributed by atoms with Gasteiger partial charge in [-0.25, -0.2) is 9.37 Å². The van der Waals surface area contributed by atoms with Gasteiger partial charge in [0.1, 0.15) is 11.6 Å². The summed E-state index contributed by atoms with van der Waals surface area (Å²) < 4.78 is 15.8. The van der Waals surface area contributed by atoms with Gasteiger partial charge in [0.15, 0.2) is 0 Å². The van der Waals surface area contributed by atoms with Crippen LogP contribution in [-0.4, -0.2) is 26.1 Å². The minimum atomic E-state index is -0.249.